The first-order valence-corrected chi connectivity index (χ1v) is 14.6. The minimum absolute atomic E-state index is 0.170. The lowest BCUT2D eigenvalue weighted by molar-refractivity contribution is 0.111. The van der Waals surface area contributed by atoms with Crippen molar-refractivity contribution in [1.82, 2.24) is 9.55 Å². The van der Waals surface area contributed by atoms with Crippen LogP contribution in [0.15, 0.2) is 60.7 Å². The lowest BCUT2D eigenvalue weighted by atomic mass is 10.0. The molecule has 0 spiro atoms. The molecule has 0 aliphatic carbocycles. The average Bonchev–Trinajstić information content (AvgIpc) is 3.38. The van der Waals surface area contributed by atoms with Crippen molar-refractivity contribution in [3.8, 4) is 22.5 Å². The number of carbonyl (C=O) groups is 1. The molecule has 1 atom stereocenters. The van der Waals surface area contributed by atoms with E-state index in [2.05, 4.69) is 24.9 Å². The zero-order valence-corrected chi connectivity index (χ0v) is 24.5. The number of carbonyl (C=O) groups excluding carboxylic acids is 1. The largest absolute Gasteiger partial charge is 0.755 e. The molecule has 4 aromatic rings. The van der Waals surface area contributed by atoms with Crippen LogP contribution in [0.2, 0.25) is 5.15 Å². The van der Waals surface area contributed by atoms with Crippen LogP contribution in [0.25, 0.3) is 22.5 Å². The SMILES string of the molecule is CC(C)Cc1cc(-c2ccc(Cn3c(-c4ccccc4)nc(Cl)c3C=O)cc2)c(N(S(=O)[O-])C(C)(C)C)s1. The Kier molecular flexibility index (Phi) is 8.57. The number of anilines is 1. The predicted octanol–water partition coefficient (Wildman–Crippen LogP) is 7.39. The molecule has 0 fully saturated rings. The topological polar surface area (TPSA) is 78.3 Å². The second-order valence-corrected chi connectivity index (χ2v) is 12.9. The molecule has 0 amide bonds. The van der Waals surface area contributed by atoms with Gasteiger partial charge in [0, 0.05) is 39.4 Å². The maximum absolute atomic E-state index is 12.3. The van der Waals surface area contributed by atoms with Crippen LogP contribution in [-0.2, 0) is 24.2 Å². The Balaban J connectivity index is 1.73. The molecule has 0 N–H and O–H groups in total. The van der Waals surface area contributed by atoms with E-state index in [0.29, 0.717) is 29.0 Å². The number of nitrogens with zero attached hydrogens (tertiary/aromatic N) is 3. The van der Waals surface area contributed by atoms with Gasteiger partial charge in [0.1, 0.15) is 16.5 Å². The zero-order chi connectivity index (χ0) is 27.6. The number of halogens is 1. The second-order valence-electron chi connectivity index (χ2n) is 10.6. The lowest BCUT2D eigenvalue weighted by Gasteiger charge is -2.38. The van der Waals surface area contributed by atoms with Crippen LogP contribution < -0.4 is 4.31 Å². The fraction of sp³-hybridized carbons (Fsp3) is 0.310. The summed E-state index contributed by atoms with van der Waals surface area (Å²) in [5, 5.41) is 0.884. The Morgan fingerprint density at radius 3 is 2.32 bits per heavy atom. The van der Waals surface area contributed by atoms with E-state index >= 15 is 0 Å². The molecule has 0 saturated carbocycles. The number of rotatable bonds is 9. The standard InChI is InChI=1S/C29H32ClN3O3S2/c1-19(2)15-23-16-24(28(37-23)33(38(35)36)29(3,4)5)21-13-11-20(12-14-21)17-32-25(18-34)26(30)31-27(32)22-9-7-6-8-10-22/h6-14,16,18-19H,15,17H2,1-5H3,(H,35,36)/p-1. The maximum Gasteiger partial charge on any atom is 0.169 e. The van der Waals surface area contributed by atoms with Crippen molar-refractivity contribution in [3.63, 3.8) is 0 Å². The van der Waals surface area contributed by atoms with Crippen LogP contribution in [0.1, 0.15) is 55.5 Å². The molecule has 2 heterocycles. The second kappa shape index (κ2) is 11.5. The van der Waals surface area contributed by atoms with Crippen molar-refractivity contribution < 1.29 is 13.6 Å². The number of benzene rings is 2. The third kappa shape index (κ3) is 6.10. The van der Waals surface area contributed by atoms with Crippen molar-refractivity contribution in [1.29, 1.82) is 0 Å². The van der Waals surface area contributed by atoms with E-state index < -0.39 is 16.8 Å². The average molecular weight is 569 g/mol. The fourth-order valence-corrected chi connectivity index (χ4v) is 7.06. The normalized spacial score (nSPS) is 12.6. The summed E-state index contributed by atoms with van der Waals surface area (Å²) in [6.45, 7) is 10.4. The number of aldehydes is 1. The molecular weight excluding hydrogens is 538 g/mol. The van der Waals surface area contributed by atoms with Gasteiger partial charge in [-0.3, -0.25) is 13.3 Å². The van der Waals surface area contributed by atoms with Gasteiger partial charge in [-0.15, -0.1) is 11.3 Å². The van der Waals surface area contributed by atoms with E-state index in [1.54, 1.807) is 0 Å². The summed E-state index contributed by atoms with van der Waals surface area (Å²) in [4.78, 5) is 17.4. The molecule has 1 unspecified atom stereocenters. The summed E-state index contributed by atoms with van der Waals surface area (Å²) in [6.07, 6.45) is 1.60. The summed E-state index contributed by atoms with van der Waals surface area (Å²) in [5.41, 5.74) is 3.36. The van der Waals surface area contributed by atoms with Crippen LogP contribution in [0.3, 0.4) is 0 Å². The van der Waals surface area contributed by atoms with Crippen LogP contribution >= 0.6 is 22.9 Å². The third-order valence-corrected chi connectivity index (χ3v) is 8.59. The Bertz CT molecular complexity index is 1440. The maximum atomic E-state index is 12.3. The quantitative estimate of drug-likeness (QED) is 0.156. The van der Waals surface area contributed by atoms with Crippen molar-refractivity contribution in [2.75, 3.05) is 4.31 Å². The summed E-state index contributed by atoms with van der Waals surface area (Å²) in [7, 11) is 0. The number of imidazole rings is 1. The molecule has 0 saturated heterocycles. The molecule has 0 bridgehead atoms. The van der Waals surface area contributed by atoms with Crippen molar-refractivity contribution >= 4 is 45.5 Å². The Labute approximate surface area is 235 Å². The van der Waals surface area contributed by atoms with Gasteiger partial charge in [-0.25, -0.2) is 4.98 Å². The first-order valence-electron chi connectivity index (χ1n) is 12.4. The van der Waals surface area contributed by atoms with Gasteiger partial charge in [-0.1, -0.05) is 80.0 Å². The molecule has 6 nitrogen and oxygen atoms in total. The molecule has 200 valence electrons. The Morgan fingerprint density at radius 2 is 1.76 bits per heavy atom. The van der Waals surface area contributed by atoms with E-state index in [0.717, 1.165) is 39.8 Å². The number of aromatic nitrogens is 2. The molecule has 9 heteroatoms. The van der Waals surface area contributed by atoms with E-state index in [1.165, 1.54) is 15.6 Å². The monoisotopic (exact) mass is 568 g/mol. The van der Waals surface area contributed by atoms with Crippen LogP contribution in [0, 0.1) is 5.92 Å². The van der Waals surface area contributed by atoms with E-state index in [9.17, 15) is 13.6 Å². The molecule has 0 aliphatic heterocycles. The highest BCUT2D eigenvalue weighted by Gasteiger charge is 2.28. The van der Waals surface area contributed by atoms with Crippen LogP contribution in [0.4, 0.5) is 5.00 Å². The van der Waals surface area contributed by atoms with E-state index in [4.69, 9.17) is 11.6 Å². The van der Waals surface area contributed by atoms with E-state index in [-0.39, 0.29) is 5.15 Å². The van der Waals surface area contributed by atoms with Crippen LogP contribution in [-0.4, -0.2) is 30.1 Å². The first kappa shape index (κ1) is 28.2. The fourth-order valence-electron chi connectivity index (χ4n) is 4.38. The lowest BCUT2D eigenvalue weighted by Crippen LogP contribution is -2.42. The summed E-state index contributed by atoms with van der Waals surface area (Å²) in [6, 6.07) is 19.7. The minimum Gasteiger partial charge on any atom is -0.755 e. The number of hydrogen-bond donors (Lipinski definition) is 0. The van der Waals surface area contributed by atoms with Gasteiger partial charge in [-0.05, 0) is 50.3 Å². The third-order valence-electron chi connectivity index (χ3n) is 6.03. The molecule has 2 aromatic heterocycles. The molecule has 38 heavy (non-hydrogen) atoms. The summed E-state index contributed by atoms with van der Waals surface area (Å²) >= 11 is 5.41. The highest BCUT2D eigenvalue weighted by atomic mass is 35.5. The molecule has 4 rings (SSSR count). The summed E-state index contributed by atoms with van der Waals surface area (Å²) in [5.74, 6) is 1.07. The smallest absolute Gasteiger partial charge is 0.169 e. The van der Waals surface area contributed by atoms with Crippen LogP contribution in [0.5, 0.6) is 0 Å². The first-order chi connectivity index (χ1) is 18.0. The van der Waals surface area contributed by atoms with Gasteiger partial charge >= 0.3 is 0 Å². The number of thiophene rings is 1. The minimum atomic E-state index is -2.42. The van der Waals surface area contributed by atoms with Gasteiger partial charge in [0.05, 0.1) is 0 Å². The van der Waals surface area contributed by atoms with Gasteiger partial charge < -0.3 is 9.12 Å². The van der Waals surface area contributed by atoms with Gasteiger partial charge in [0.2, 0.25) is 0 Å². The Morgan fingerprint density at radius 1 is 1.11 bits per heavy atom. The summed E-state index contributed by atoms with van der Waals surface area (Å²) < 4.78 is 27.9. The van der Waals surface area contributed by atoms with E-state index in [1.807, 2.05) is 79.9 Å². The predicted molar refractivity (Wildman–Crippen MR) is 157 cm³/mol. The molecule has 0 aliphatic rings. The van der Waals surface area contributed by atoms with Crippen molar-refractivity contribution in [3.05, 3.63) is 82.0 Å². The Hall–Kier alpha value is -2.78. The number of hydrogen-bond acceptors (Lipinski definition) is 5. The van der Waals surface area contributed by atoms with Gasteiger partial charge in [-0.2, -0.15) is 0 Å². The highest BCUT2D eigenvalue weighted by Crippen LogP contribution is 2.43. The van der Waals surface area contributed by atoms with Crippen molar-refractivity contribution in [2.45, 2.75) is 53.1 Å². The molecule has 0 radical (unpaired) electrons. The van der Waals surface area contributed by atoms with Gasteiger partial charge in [0.25, 0.3) is 0 Å². The zero-order valence-electron chi connectivity index (χ0n) is 22.1. The molecular formula is C29H31ClN3O3S2-. The molecule has 2 aromatic carbocycles. The highest BCUT2D eigenvalue weighted by molar-refractivity contribution is 7.81. The van der Waals surface area contributed by atoms with Crippen molar-refractivity contribution in [2.24, 2.45) is 5.92 Å². The van der Waals surface area contributed by atoms with Gasteiger partial charge in [0.15, 0.2) is 11.4 Å².